The van der Waals surface area contributed by atoms with Crippen molar-refractivity contribution in [1.29, 1.82) is 0 Å². The van der Waals surface area contributed by atoms with Crippen LogP contribution in [0.2, 0.25) is 0 Å². The Morgan fingerprint density at radius 2 is 1.75 bits per heavy atom. The molecule has 28 heavy (non-hydrogen) atoms. The third kappa shape index (κ3) is 3.27. The quantitative estimate of drug-likeness (QED) is 0.521. The largest absolute Gasteiger partial charge is 0.487 e. The van der Waals surface area contributed by atoms with E-state index >= 15 is 0 Å². The summed E-state index contributed by atoms with van der Waals surface area (Å²) in [7, 11) is 0. The van der Waals surface area contributed by atoms with Crippen LogP contribution in [0.4, 0.5) is 11.4 Å². The number of anilines is 1. The van der Waals surface area contributed by atoms with Crippen molar-refractivity contribution in [3.63, 3.8) is 0 Å². The van der Waals surface area contributed by atoms with Gasteiger partial charge in [-0.15, -0.1) is 0 Å². The van der Waals surface area contributed by atoms with Gasteiger partial charge in [-0.25, -0.2) is 4.79 Å². The molecule has 8 nitrogen and oxygen atoms in total. The maximum Gasteiger partial charge on any atom is 0.337 e. The Balaban J connectivity index is 1.51. The first-order valence-electron chi connectivity index (χ1n) is 8.68. The molecule has 0 amide bonds. The highest BCUT2D eigenvalue weighted by Gasteiger charge is 2.31. The normalized spacial score (nSPS) is 13.8. The lowest BCUT2D eigenvalue weighted by atomic mass is 10.1. The van der Waals surface area contributed by atoms with Crippen molar-refractivity contribution >= 4 is 17.3 Å². The van der Waals surface area contributed by atoms with Gasteiger partial charge in [0.2, 0.25) is 0 Å². The first-order valence-corrected chi connectivity index (χ1v) is 8.68. The summed E-state index contributed by atoms with van der Waals surface area (Å²) >= 11 is 0. The molecule has 0 radical (unpaired) electrons. The summed E-state index contributed by atoms with van der Waals surface area (Å²) in [5.41, 5.74) is 1.69. The Hall–Kier alpha value is -3.81. The molecule has 0 unspecified atom stereocenters. The number of non-ortho nitro benzene ring substituents is 1. The number of rotatable bonds is 6. The first kappa shape index (κ1) is 17.6. The molecule has 0 saturated carbocycles. The van der Waals surface area contributed by atoms with E-state index in [2.05, 4.69) is 4.90 Å². The molecule has 0 aliphatic carbocycles. The van der Waals surface area contributed by atoms with Crippen molar-refractivity contribution < 1.29 is 19.6 Å². The van der Waals surface area contributed by atoms with Gasteiger partial charge in [0, 0.05) is 24.5 Å². The number of aromatic nitrogens is 1. The minimum Gasteiger partial charge on any atom is -0.487 e. The number of nitro groups is 1. The second-order valence-electron chi connectivity index (χ2n) is 6.46. The third-order valence-corrected chi connectivity index (χ3v) is 4.65. The van der Waals surface area contributed by atoms with E-state index in [0.29, 0.717) is 24.5 Å². The van der Waals surface area contributed by atoms with E-state index in [1.807, 2.05) is 30.6 Å². The molecule has 1 aliphatic rings. The van der Waals surface area contributed by atoms with Crippen LogP contribution in [0.3, 0.4) is 0 Å². The van der Waals surface area contributed by atoms with E-state index in [1.54, 1.807) is 28.8 Å². The van der Waals surface area contributed by atoms with Gasteiger partial charge in [-0.3, -0.25) is 10.1 Å². The monoisotopic (exact) mass is 379 g/mol. The van der Waals surface area contributed by atoms with Crippen LogP contribution in [0.15, 0.2) is 67.0 Å². The lowest BCUT2D eigenvalue weighted by Gasteiger charge is -2.41. The second-order valence-corrected chi connectivity index (χ2v) is 6.46. The second kappa shape index (κ2) is 7.07. The number of benzene rings is 2. The molecule has 1 fully saturated rings. The molecule has 0 bridgehead atoms. The van der Waals surface area contributed by atoms with Gasteiger partial charge in [0.15, 0.2) is 0 Å². The summed E-state index contributed by atoms with van der Waals surface area (Å²) in [6.45, 7) is 1.18. The number of carboxylic acids is 1. The zero-order chi connectivity index (χ0) is 19.7. The molecule has 1 saturated heterocycles. The summed E-state index contributed by atoms with van der Waals surface area (Å²) in [4.78, 5) is 24.0. The van der Waals surface area contributed by atoms with Gasteiger partial charge in [0.1, 0.15) is 11.9 Å². The fraction of sp³-hybridized carbons (Fsp3) is 0.150. The number of carboxylic acid groups (broad SMARTS) is 1. The molecule has 1 aliphatic heterocycles. The average Bonchev–Trinajstić information content (AvgIpc) is 3.18. The zero-order valence-corrected chi connectivity index (χ0v) is 14.8. The molecule has 4 rings (SSSR count). The molecule has 3 aromatic rings. The molecule has 0 spiro atoms. The van der Waals surface area contributed by atoms with Crippen LogP contribution >= 0.6 is 0 Å². The lowest BCUT2D eigenvalue weighted by Crippen LogP contribution is -2.54. The van der Waals surface area contributed by atoms with E-state index in [-0.39, 0.29) is 17.4 Å². The molecular formula is C20H17N3O5. The molecule has 0 atom stereocenters. The Bertz CT molecular complexity index is 1010. The average molecular weight is 379 g/mol. The first-order chi connectivity index (χ1) is 13.5. The van der Waals surface area contributed by atoms with Crippen LogP contribution in [0.1, 0.15) is 10.4 Å². The Labute approximate surface area is 160 Å². The molecule has 8 heteroatoms. The standard InChI is InChI=1S/C20H17N3O5/c24-20(25)17-4-3-5-18(19(17)21-10-1-2-11-21)22-12-16(13-22)28-15-8-6-14(7-9-15)23(26)27/h1-11,16H,12-13H2,(H,24,25). The molecule has 1 aromatic heterocycles. The van der Waals surface area contributed by atoms with Crippen molar-refractivity contribution in [2.75, 3.05) is 18.0 Å². The number of ether oxygens (including phenoxy) is 1. The lowest BCUT2D eigenvalue weighted by molar-refractivity contribution is -0.384. The third-order valence-electron chi connectivity index (χ3n) is 4.65. The van der Waals surface area contributed by atoms with Gasteiger partial charge in [-0.2, -0.15) is 0 Å². The zero-order valence-electron chi connectivity index (χ0n) is 14.8. The highest BCUT2D eigenvalue weighted by molar-refractivity contribution is 5.95. The number of aromatic carboxylic acids is 1. The maximum atomic E-state index is 11.7. The molecule has 142 valence electrons. The Kier molecular flexibility index (Phi) is 4.44. The fourth-order valence-corrected chi connectivity index (χ4v) is 3.26. The van der Waals surface area contributed by atoms with Crippen LogP contribution in [0, 0.1) is 10.1 Å². The number of para-hydroxylation sites is 1. The van der Waals surface area contributed by atoms with Crippen LogP contribution in [0.5, 0.6) is 5.75 Å². The van der Waals surface area contributed by atoms with Crippen LogP contribution in [-0.2, 0) is 0 Å². The summed E-state index contributed by atoms with van der Waals surface area (Å²) < 4.78 is 7.65. The highest BCUT2D eigenvalue weighted by atomic mass is 16.6. The van der Waals surface area contributed by atoms with E-state index in [1.165, 1.54) is 12.1 Å². The summed E-state index contributed by atoms with van der Waals surface area (Å²) in [6.07, 6.45) is 3.55. The van der Waals surface area contributed by atoms with Gasteiger partial charge < -0.3 is 19.3 Å². The van der Waals surface area contributed by atoms with Gasteiger partial charge in [-0.05, 0) is 36.4 Å². The number of hydrogen-bond donors (Lipinski definition) is 1. The van der Waals surface area contributed by atoms with Crippen LogP contribution in [0.25, 0.3) is 5.69 Å². The fourth-order valence-electron chi connectivity index (χ4n) is 3.26. The summed E-state index contributed by atoms with van der Waals surface area (Å²) in [6, 6.07) is 14.9. The maximum absolute atomic E-state index is 11.7. The molecular weight excluding hydrogens is 362 g/mol. The van der Waals surface area contributed by atoms with Crippen LogP contribution in [-0.4, -0.2) is 39.8 Å². The number of nitrogens with zero attached hydrogens (tertiary/aromatic N) is 3. The SMILES string of the molecule is O=C(O)c1cccc(N2CC(Oc3ccc([N+](=O)[O-])cc3)C2)c1-n1cccc1. The van der Waals surface area contributed by atoms with E-state index < -0.39 is 10.9 Å². The summed E-state index contributed by atoms with van der Waals surface area (Å²) in [5.74, 6) is -0.412. The van der Waals surface area contributed by atoms with Crippen molar-refractivity contribution in [1.82, 2.24) is 4.57 Å². The predicted octanol–water partition coefficient (Wildman–Crippen LogP) is 3.35. The molecule has 2 heterocycles. The number of nitro benzene ring substituents is 1. The number of carbonyl (C=O) groups is 1. The van der Waals surface area contributed by atoms with E-state index in [4.69, 9.17) is 4.74 Å². The molecule has 1 N–H and O–H groups in total. The Morgan fingerprint density at radius 3 is 2.36 bits per heavy atom. The smallest absolute Gasteiger partial charge is 0.337 e. The van der Waals surface area contributed by atoms with Gasteiger partial charge in [0.05, 0.1) is 35.0 Å². The van der Waals surface area contributed by atoms with Gasteiger partial charge in [0.25, 0.3) is 5.69 Å². The predicted molar refractivity (Wildman–Crippen MR) is 102 cm³/mol. The number of hydrogen-bond acceptors (Lipinski definition) is 5. The van der Waals surface area contributed by atoms with Crippen LogP contribution < -0.4 is 9.64 Å². The minimum absolute atomic E-state index is 0.0180. The minimum atomic E-state index is -0.982. The van der Waals surface area contributed by atoms with E-state index in [0.717, 1.165) is 5.69 Å². The van der Waals surface area contributed by atoms with Crippen molar-refractivity contribution in [2.24, 2.45) is 0 Å². The van der Waals surface area contributed by atoms with E-state index in [9.17, 15) is 20.0 Å². The van der Waals surface area contributed by atoms with Crippen molar-refractivity contribution in [2.45, 2.75) is 6.10 Å². The Morgan fingerprint density at radius 1 is 1.07 bits per heavy atom. The van der Waals surface area contributed by atoms with Crippen molar-refractivity contribution in [3.8, 4) is 11.4 Å². The van der Waals surface area contributed by atoms with Crippen molar-refractivity contribution in [3.05, 3.63) is 82.7 Å². The summed E-state index contributed by atoms with van der Waals surface area (Å²) in [5, 5.41) is 20.3. The highest BCUT2D eigenvalue weighted by Crippen LogP contribution is 2.32. The molecule has 2 aromatic carbocycles. The topological polar surface area (TPSA) is 97.8 Å². The van der Waals surface area contributed by atoms with Gasteiger partial charge in [-0.1, -0.05) is 6.07 Å². The van der Waals surface area contributed by atoms with Gasteiger partial charge >= 0.3 is 5.97 Å².